The zero-order valence-corrected chi connectivity index (χ0v) is 11.7. The fourth-order valence-electron chi connectivity index (χ4n) is 2.26. The molecule has 1 aliphatic carbocycles. The van der Waals surface area contributed by atoms with Gasteiger partial charge in [0.05, 0.1) is 5.75 Å². The van der Waals surface area contributed by atoms with Crippen LogP contribution in [-0.2, 0) is 14.8 Å². The van der Waals surface area contributed by atoms with Gasteiger partial charge < -0.3 is 11.1 Å². The highest BCUT2D eigenvalue weighted by Gasteiger charge is 2.31. The summed E-state index contributed by atoms with van der Waals surface area (Å²) in [6.07, 6.45) is 4.16. The fourth-order valence-corrected chi connectivity index (χ4v) is 3.21. The molecule has 0 bridgehead atoms. The average molecular weight is 277 g/mol. The summed E-state index contributed by atoms with van der Waals surface area (Å²) >= 11 is 0. The number of carbonyl (C=O) groups is 1. The molecule has 0 unspecified atom stereocenters. The molecule has 0 heterocycles. The Bertz CT molecular complexity index is 375. The Kier molecular flexibility index (Phi) is 5.55. The standard InChI is InChI=1S/C11H23N3O3S/c1-2-14-18(16,17)8-7-13-10(15)9-11(12)5-3-4-6-11/h14H,2-9,12H2,1H3,(H,13,15). The number of amides is 1. The van der Waals surface area contributed by atoms with Crippen LogP contribution in [0.3, 0.4) is 0 Å². The average Bonchev–Trinajstić information content (AvgIpc) is 2.64. The van der Waals surface area contributed by atoms with Crippen LogP contribution in [0.1, 0.15) is 39.0 Å². The van der Waals surface area contributed by atoms with E-state index in [4.69, 9.17) is 5.73 Å². The molecule has 0 radical (unpaired) electrons. The number of rotatable bonds is 7. The molecule has 1 saturated carbocycles. The molecule has 106 valence electrons. The monoisotopic (exact) mass is 277 g/mol. The van der Waals surface area contributed by atoms with Crippen LogP contribution in [-0.4, -0.2) is 38.7 Å². The van der Waals surface area contributed by atoms with Crippen molar-refractivity contribution in [1.82, 2.24) is 10.0 Å². The fraction of sp³-hybridized carbons (Fsp3) is 0.909. The number of hydrogen-bond acceptors (Lipinski definition) is 4. The van der Waals surface area contributed by atoms with Crippen LogP contribution in [0.2, 0.25) is 0 Å². The van der Waals surface area contributed by atoms with Crippen molar-refractivity contribution < 1.29 is 13.2 Å². The van der Waals surface area contributed by atoms with Gasteiger partial charge in [-0.25, -0.2) is 13.1 Å². The highest BCUT2D eigenvalue weighted by atomic mass is 32.2. The van der Waals surface area contributed by atoms with Crippen molar-refractivity contribution in [2.45, 2.75) is 44.6 Å². The van der Waals surface area contributed by atoms with E-state index in [9.17, 15) is 13.2 Å². The van der Waals surface area contributed by atoms with Gasteiger partial charge in [0.15, 0.2) is 0 Å². The van der Waals surface area contributed by atoms with Gasteiger partial charge in [-0.05, 0) is 12.8 Å². The van der Waals surface area contributed by atoms with Gasteiger partial charge >= 0.3 is 0 Å². The maximum Gasteiger partial charge on any atom is 0.221 e. The summed E-state index contributed by atoms with van der Waals surface area (Å²) in [6, 6.07) is 0. The molecule has 0 aromatic carbocycles. The molecule has 0 aromatic heterocycles. The normalized spacial score (nSPS) is 18.8. The summed E-state index contributed by atoms with van der Waals surface area (Å²) in [5.74, 6) is -0.254. The van der Waals surface area contributed by atoms with E-state index in [1.54, 1.807) is 6.92 Å². The quantitative estimate of drug-likeness (QED) is 0.595. The molecular formula is C11H23N3O3S. The molecule has 0 aromatic rings. The van der Waals surface area contributed by atoms with E-state index in [2.05, 4.69) is 10.0 Å². The van der Waals surface area contributed by atoms with Crippen molar-refractivity contribution in [2.24, 2.45) is 5.73 Å². The molecule has 1 aliphatic rings. The van der Waals surface area contributed by atoms with Crippen LogP contribution in [0.4, 0.5) is 0 Å². The van der Waals surface area contributed by atoms with Crippen LogP contribution < -0.4 is 15.8 Å². The van der Waals surface area contributed by atoms with Gasteiger partial charge in [0.1, 0.15) is 0 Å². The minimum atomic E-state index is -3.27. The van der Waals surface area contributed by atoms with E-state index >= 15 is 0 Å². The first-order valence-corrected chi connectivity index (χ1v) is 8.05. The zero-order valence-electron chi connectivity index (χ0n) is 10.9. The molecule has 0 atom stereocenters. The topological polar surface area (TPSA) is 101 Å². The Morgan fingerprint density at radius 1 is 1.33 bits per heavy atom. The van der Waals surface area contributed by atoms with Crippen molar-refractivity contribution >= 4 is 15.9 Å². The number of hydrogen-bond donors (Lipinski definition) is 3. The van der Waals surface area contributed by atoms with Crippen LogP contribution in [0, 0.1) is 0 Å². The Morgan fingerprint density at radius 2 is 1.94 bits per heavy atom. The Morgan fingerprint density at radius 3 is 2.50 bits per heavy atom. The second kappa shape index (κ2) is 6.49. The molecule has 0 aliphatic heterocycles. The highest BCUT2D eigenvalue weighted by molar-refractivity contribution is 7.89. The van der Waals surface area contributed by atoms with Gasteiger partial charge in [0.2, 0.25) is 15.9 Å². The van der Waals surface area contributed by atoms with Crippen LogP contribution in [0.5, 0.6) is 0 Å². The molecule has 1 amide bonds. The van der Waals surface area contributed by atoms with Gasteiger partial charge in [0, 0.05) is 25.0 Å². The van der Waals surface area contributed by atoms with E-state index < -0.39 is 10.0 Å². The van der Waals surface area contributed by atoms with Crippen molar-refractivity contribution in [3.05, 3.63) is 0 Å². The highest BCUT2D eigenvalue weighted by Crippen LogP contribution is 2.29. The number of nitrogens with one attached hydrogen (secondary N) is 2. The summed E-state index contributed by atoms with van der Waals surface area (Å²) < 4.78 is 25.0. The largest absolute Gasteiger partial charge is 0.355 e. The molecule has 0 spiro atoms. The van der Waals surface area contributed by atoms with Crippen molar-refractivity contribution in [1.29, 1.82) is 0 Å². The van der Waals surface area contributed by atoms with E-state index in [-0.39, 0.29) is 30.2 Å². The molecule has 18 heavy (non-hydrogen) atoms. The predicted molar refractivity (Wildman–Crippen MR) is 70.5 cm³/mol. The lowest BCUT2D eigenvalue weighted by atomic mass is 9.94. The third-order valence-electron chi connectivity index (χ3n) is 3.17. The number of nitrogens with two attached hydrogens (primary N) is 1. The summed E-state index contributed by atoms with van der Waals surface area (Å²) in [4.78, 5) is 11.6. The molecule has 1 rings (SSSR count). The van der Waals surface area contributed by atoms with E-state index in [0.717, 1.165) is 25.7 Å². The van der Waals surface area contributed by atoms with Crippen LogP contribution >= 0.6 is 0 Å². The van der Waals surface area contributed by atoms with E-state index in [1.165, 1.54) is 0 Å². The molecular weight excluding hydrogens is 254 g/mol. The first kappa shape index (κ1) is 15.4. The van der Waals surface area contributed by atoms with Gasteiger partial charge in [-0.15, -0.1) is 0 Å². The summed E-state index contributed by atoms with van der Waals surface area (Å²) in [5.41, 5.74) is 5.69. The maximum atomic E-state index is 11.6. The molecule has 6 nitrogen and oxygen atoms in total. The molecule has 7 heteroatoms. The van der Waals surface area contributed by atoms with Gasteiger partial charge in [-0.2, -0.15) is 0 Å². The van der Waals surface area contributed by atoms with Crippen LogP contribution in [0.25, 0.3) is 0 Å². The first-order chi connectivity index (χ1) is 8.37. The third kappa shape index (κ3) is 5.32. The van der Waals surface area contributed by atoms with Crippen LogP contribution in [0.15, 0.2) is 0 Å². The summed E-state index contributed by atoms with van der Waals surface area (Å²) in [5, 5.41) is 2.61. The molecule has 1 fully saturated rings. The maximum absolute atomic E-state index is 11.6. The predicted octanol–water partition coefficient (Wildman–Crippen LogP) is -0.296. The Balaban J connectivity index is 2.25. The lowest BCUT2D eigenvalue weighted by Gasteiger charge is -2.22. The number of carbonyl (C=O) groups excluding carboxylic acids is 1. The van der Waals surface area contributed by atoms with Gasteiger partial charge in [-0.1, -0.05) is 19.8 Å². The zero-order chi connectivity index (χ0) is 13.6. The summed E-state index contributed by atoms with van der Waals surface area (Å²) in [7, 11) is -3.27. The second-order valence-electron chi connectivity index (χ2n) is 4.91. The summed E-state index contributed by atoms with van der Waals surface area (Å²) in [6.45, 7) is 2.21. The third-order valence-corrected chi connectivity index (χ3v) is 4.64. The minimum Gasteiger partial charge on any atom is -0.355 e. The first-order valence-electron chi connectivity index (χ1n) is 6.40. The Labute approximate surface area is 109 Å². The molecule has 0 saturated heterocycles. The lowest BCUT2D eigenvalue weighted by Crippen LogP contribution is -2.43. The minimum absolute atomic E-state index is 0.0931. The van der Waals surface area contributed by atoms with Gasteiger partial charge in [-0.3, -0.25) is 4.79 Å². The van der Waals surface area contributed by atoms with Gasteiger partial charge in [0.25, 0.3) is 0 Å². The van der Waals surface area contributed by atoms with Crippen molar-refractivity contribution in [3.63, 3.8) is 0 Å². The van der Waals surface area contributed by atoms with Crippen molar-refractivity contribution in [3.8, 4) is 0 Å². The van der Waals surface area contributed by atoms with E-state index in [1.807, 2.05) is 0 Å². The lowest BCUT2D eigenvalue weighted by molar-refractivity contribution is -0.122. The smallest absolute Gasteiger partial charge is 0.221 e. The second-order valence-corrected chi connectivity index (χ2v) is 6.84. The van der Waals surface area contributed by atoms with E-state index in [0.29, 0.717) is 6.54 Å². The SMILES string of the molecule is CCNS(=O)(=O)CCNC(=O)CC1(N)CCCC1. The Hall–Kier alpha value is -0.660. The van der Waals surface area contributed by atoms with Crippen molar-refractivity contribution in [2.75, 3.05) is 18.8 Å². The molecule has 4 N–H and O–H groups in total. The number of sulfonamides is 1.